The van der Waals surface area contributed by atoms with E-state index >= 15 is 0 Å². The fourth-order valence-electron chi connectivity index (χ4n) is 1.48. The number of carboxylic acids is 1. The highest BCUT2D eigenvalue weighted by molar-refractivity contribution is 7.99. The molecule has 3 nitrogen and oxygen atoms in total. The van der Waals surface area contributed by atoms with Crippen molar-refractivity contribution in [2.45, 2.75) is 38.4 Å². The van der Waals surface area contributed by atoms with Crippen LogP contribution in [0.5, 0.6) is 0 Å². The molecule has 2 atom stereocenters. The third-order valence-electron chi connectivity index (χ3n) is 2.78. The van der Waals surface area contributed by atoms with Crippen LogP contribution in [0.15, 0.2) is 12.2 Å². The van der Waals surface area contributed by atoms with E-state index < -0.39 is 24.1 Å². The third kappa shape index (κ3) is 7.47. The van der Waals surface area contributed by atoms with Crippen LogP contribution in [-0.4, -0.2) is 34.8 Å². The number of halogens is 3. The minimum absolute atomic E-state index is 0.0247. The van der Waals surface area contributed by atoms with Crippen LogP contribution in [0.25, 0.3) is 0 Å². The lowest BCUT2D eigenvalue weighted by Crippen LogP contribution is -2.30. The molecule has 19 heavy (non-hydrogen) atoms. The second-order valence-electron chi connectivity index (χ2n) is 4.24. The van der Waals surface area contributed by atoms with Crippen LogP contribution in [-0.2, 0) is 4.79 Å². The lowest BCUT2D eigenvalue weighted by atomic mass is 9.95. The molecule has 0 aromatic carbocycles. The van der Waals surface area contributed by atoms with Crippen LogP contribution in [0, 0.1) is 5.92 Å². The van der Waals surface area contributed by atoms with Gasteiger partial charge in [0, 0.05) is 0 Å². The van der Waals surface area contributed by atoms with Crippen molar-refractivity contribution < 1.29 is 23.1 Å². The fourth-order valence-corrected chi connectivity index (χ4v) is 2.51. The number of allylic oxidation sites excluding steroid dienone is 1. The van der Waals surface area contributed by atoms with Crippen LogP contribution < -0.4 is 5.73 Å². The summed E-state index contributed by atoms with van der Waals surface area (Å²) in [6.45, 7) is 5.12. The van der Waals surface area contributed by atoms with Crippen molar-refractivity contribution in [1.82, 2.24) is 0 Å². The first kappa shape index (κ1) is 18.3. The van der Waals surface area contributed by atoms with Gasteiger partial charge >= 0.3 is 12.1 Å². The predicted molar refractivity (Wildman–Crippen MR) is 71.1 cm³/mol. The molecule has 0 spiro atoms. The molecule has 3 N–H and O–H groups in total. The van der Waals surface area contributed by atoms with Crippen molar-refractivity contribution in [3.63, 3.8) is 0 Å². The number of hydrogen-bond acceptors (Lipinski definition) is 3. The Morgan fingerprint density at radius 2 is 1.89 bits per heavy atom. The number of carbonyl (C=O) groups is 1. The highest BCUT2D eigenvalue weighted by atomic mass is 32.2. The Bertz CT molecular complexity index is 308. The monoisotopic (exact) mass is 299 g/mol. The Balaban J connectivity index is 4.02. The van der Waals surface area contributed by atoms with Gasteiger partial charge in [-0.15, -0.1) is 0 Å². The van der Waals surface area contributed by atoms with Crippen molar-refractivity contribution >= 4 is 17.7 Å². The van der Waals surface area contributed by atoms with Gasteiger partial charge in [-0.3, -0.25) is 4.79 Å². The number of aliphatic carboxylic acids is 1. The molecule has 0 saturated carbocycles. The summed E-state index contributed by atoms with van der Waals surface area (Å²) in [6, 6.07) is -0.948. The van der Waals surface area contributed by atoms with Crippen molar-refractivity contribution in [1.29, 1.82) is 0 Å². The Labute approximate surface area is 115 Å². The summed E-state index contributed by atoms with van der Waals surface area (Å²) in [5.41, 5.74) is 5.48. The molecule has 0 aromatic rings. The van der Waals surface area contributed by atoms with Crippen molar-refractivity contribution in [3.8, 4) is 0 Å². The van der Waals surface area contributed by atoms with E-state index in [9.17, 15) is 18.0 Å². The minimum atomic E-state index is -4.26. The summed E-state index contributed by atoms with van der Waals surface area (Å²) in [7, 11) is 0. The van der Waals surface area contributed by atoms with Gasteiger partial charge in [-0.1, -0.05) is 19.1 Å². The van der Waals surface area contributed by atoms with Crippen LogP contribution in [0.4, 0.5) is 13.2 Å². The van der Waals surface area contributed by atoms with E-state index in [0.717, 1.165) is 0 Å². The first-order chi connectivity index (χ1) is 8.70. The lowest BCUT2D eigenvalue weighted by molar-refractivity contribution is -0.164. The molecule has 0 radical (unpaired) electrons. The number of alkyl halides is 3. The molecule has 0 heterocycles. The van der Waals surface area contributed by atoms with E-state index in [2.05, 4.69) is 6.58 Å². The SMILES string of the molecule is C=C(CC)C(CCSCCC(N)C(=O)O)C(F)(F)F. The van der Waals surface area contributed by atoms with Crippen LogP contribution >= 0.6 is 11.8 Å². The smallest absolute Gasteiger partial charge is 0.395 e. The first-order valence-electron chi connectivity index (χ1n) is 6.00. The summed E-state index contributed by atoms with van der Waals surface area (Å²) in [5, 5.41) is 8.54. The Morgan fingerprint density at radius 1 is 1.37 bits per heavy atom. The lowest BCUT2D eigenvalue weighted by Gasteiger charge is -2.21. The quantitative estimate of drug-likeness (QED) is 0.507. The maximum atomic E-state index is 12.7. The molecule has 0 aromatic heterocycles. The molecule has 0 fully saturated rings. The van der Waals surface area contributed by atoms with E-state index in [1.54, 1.807) is 6.92 Å². The van der Waals surface area contributed by atoms with Crippen molar-refractivity contribution in [3.05, 3.63) is 12.2 Å². The van der Waals surface area contributed by atoms with Gasteiger partial charge in [-0.2, -0.15) is 24.9 Å². The van der Waals surface area contributed by atoms with Gasteiger partial charge in [-0.05, 0) is 30.8 Å². The average molecular weight is 299 g/mol. The van der Waals surface area contributed by atoms with E-state index in [-0.39, 0.29) is 18.4 Å². The molecule has 112 valence electrons. The van der Waals surface area contributed by atoms with Crippen LogP contribution in [0.1, 0.15) is 26.2 Å². The number of hydrogen-bond donors (Lipinski definition) is 2. The Kier molecular flexibility index (Phi) is 8.17. The molecule has 0 bridgehead atoms. The number of rotatable bonds is 9. The van der Waals surface area contributed by atoms with Crippen molar-refractivity contribution in [2.75, 3.05) is 11.5 Å². The molecule has 0 saturated heterocycles. The van der Waals surface area contributed by atoms with Gasteiger partial charge in [0.25, 0.3) is 0 Å². The zero-order valence-corrected chi connectivity index (χ0v) is 11.7. The second-order valence-corrected chi connectivity index (χ2v) is 5.47. The number of nitrogens with two attached hydrogens (primary N) is 1. The van der Waals surface area contributed by atoms with Crippen molar-refractivity contribution in [2.24, 2.45) is 11.7 Å². The molecular formula is C12H20F3NO2S. The Hall–Kier alpha value is -0.690. The van der Waals surface area contributed by atoms with Crippen LogP contribution in [0.2, 0.25) is 0 Å². The molecule has 0 aliphatic heterocycles. The molecule has 7 heteroatoms. The second kappa shape index (κ2) is 8.47. The third-order valence-corrected chi connectivity index (χ3v) is 3.83. The summed E-state index contributed by atoms with van der Waals surface area (Å²) < 4.78 is 38.2. The van der Waals surface area contributed by atoms with Gasteiger partial charge in [0.15, 0.2) is 0 Å². The molecule has 0 aliphatic rings. The predicted octanol–water partition coefficient (Wildman–Crippen LogP) is 3.06. The summed E-state index contributed by atoms with van der Waals surface area (Å²) in [4.78, 5) is 10.4. The van der Waals surface area contributed by atoms with E-state index in [0.29, 0.717) is 17.9 Å². The highest BCUT2D eigenvalue weighted by Gasteiger charge is 2.40. The topological polar surface area (TPSA) is 63.3 Å². The molecule has 2 unspecified atom stereocenters. The largest absolute Gasteiger partial charge is 0.480 e. The standard InChI is InChI=1S/C12H20F3NO2S/c1-3-8(2)9(12(13,14)15)4-6-19-7-5-10(16)11(17)18/h9-10H,2-7,16H2,1H3,(H,17,18). The summed E-state index contributed by atoms with van der Waals surface area (Å²) >= 11 is 1.29. The highest BCUT2D eigenvalue weighted by Crippen LogP contribution is 2.35. The summed E-state index contributed by atoms with van der Waals surface area (Å²) in [6.07, 6.45) is -3.72. The average Bonchev–Trinajstić information content (AvgIpc) is 2.30. The normalized spacial score (nSPS) is 15.0. The van der Waals surface area contributed by atoms with E-state index in [1.807, 2.05) is 0 Å². The molecule has 0 amide bonds. The van der Waals surface area contributed by atoms with Gasteiger partial charge in [0.05, 0.1) is 5.92 Å². The molecule has 0 rings (SSSR count). The van der Waals surface area contributed by atoms with E-state index in [4.69, 9.17) is 10.8 Å². The zero-order valence-electron chi connectivity index (χ0n) is 10.9. The minimum Gasteiger partial charge on any atom is -0.480 e. The maximum Gasteiger partial charge on any atom is 0.395 e. The molecular weight excluding hydrogens is 279 g/mol. The zero-order chi connectivity index (χ0) is 15.1. The van der Waals surface area contributed by atoms with Gasteiger partial charge in [0.1, 0.15) is 6.04 Å². The van der Waals surface area contributed by atoms with Gasteiger partial charge in [-0.25, -0.2) is 0 Å². The van der Waals surface area contributed by atoms with E-state index in [1.165, 1.54) is 11.8 Å². The fraction of sp³-hybridized carbons (Fsp3) is 0.750. The van der Waals surface area contributed by atoms with Gasteiger partial charge < -0.3 is 10.8 Å². The number of carboxylic acid groups (broad SMARTS) is 1. The first-order valence-corrected chi connectivity index (χ1v) is 7.16. The molecule has 0 aliphatic carbocycles. The Morgan fingerprint density at radius 3 is 2.32 bits per heavy atom. The number of thioether (sulfide) groups is 1. The summed E-state index contributed by atoms with van der Waals surface area (Å²) in [5.74, 6) is -1.81. The maximum absolute atomic E-state index is 12.7. The van der Waals surface area contributed by atoms with Crippen LogP contribution in [0.3, 0.4) is 0 Å². The van der Waals surface area contributed by atoms with Gasteiger partial charge in [0.2, 0.25) is 0 Å².